The van der Waals surface area contributed by atoms with Crippen molar-refractivity contribution in [3.8, 4) is 0 Å². The number of ether oxygens (including phenoxy) is 1. The second kappa shape index (κ2) is 5.38. The molecular formula is C16H24ClNO4. The Bertz CT molecular complexity index is 499. The van der Waals surface area contributed by atoms with Crippen LogP contribution in [0.1, 0.15) is 46.0 Å². The summed E-state index contributed by atoms with van der Waals surface area (Å²) in [6, 6.07) is -0.785. The molecule has 4 bridgehead atoms. The van der Waals surface area contributed by atoms with Gasteiger partial charge in [0.25, 0.3) is 0 Å². The first-order chi connectivity index (χ1) is 10.3. The third kappa shape index (κ3) is 2.62. The van der Waals surface area contributed by atoms with Crippen LogP contribution in [0.15, 0.2) is 0 Å². The molecule has 5 nitrogen and oxygen atoms in total. The van der Waals surface area contributed by atoms with Gasteiger partial charge in [-0.1, -0.05) is 0 Å². The number of nitrogens with one attached hydrogen (secondary N) is 1. The van der Waals surface area contributed by atoms with Crippen molar-refractivity contribution >= 4 is 23.5 Å². The second-order valence-corrected chi connectivity index (χ2v) is 8.16. The number of hydrogen-bond donors (Lipinski definition) is 2. The summed E-state index contributed by atoms with van der Waals surface area (Å²) < 4.78 is 5.13. The van der Waals surface area contributed by atoms with Gasteiger partial charge in [-0.15, -0.1) is 11.6 Å². The Morgan fingerprint density at radius 1 is 1.41 bits per heavy atom. The summed E-state index contributed by atoms with van der Waals surface area (Å²) in [5.74, 6) is -0.460. The highest BCUT2D eigenvalue weighted by Gasteiger charge is 2.64. The quantitative estimate of drug-likeness (QED) is 0.607. The van der Waals surface area contributed by atoms with Crippen molar-refractivity contribution in [2.75, 3.05) is 6.61 Å². The summed E-state index contributed by atoms with van der Waals surface area (Å²) in [7, 11) is 0. The smallest absolute Gasteiger partial charge is 0.329 e. The van der Waals surface area contributed by atoms with Crippen molar-refractivity contribution in [2.24, 2.45) is 17.8 Å². The lowest BCUT2D eigenvalue weighted by Gasteiger charge is -2.62. The van der Waals surface area contributed by atoms with E-state index in [0.717, 1.165) is 19.3 Å². The van der Waals surface area contributed by atoms with Crippen LogP contribution in [0.4, 0.5) is 0 Å². The Morgan fingerprint density at radius 2 is 2.14 bits per heavy atom. The number of aliphatic hydroxyl groups is 1. The summed E-state index contributed by atoms with van der Waals surface area (Å²) in [5.41, 5.74) is -0.980. The van der Waals surface area contributed by atoms with Crippen molar-refractivity contribution in [1.29, 1.82) is 0 Å². The number of hydrogen-bond acceptors (Lipinski definition) is 4. The Hall–Kier alpha value is -0.810. The number of carbonyl (C=O) groups excluding carboxylic acids is 2. The molecule has 0 radical (unpaired) electrons. The average molecular weight is 330 g/mol. The molecule has 6 atom stereocenters. The minimum Gasteiger partial charge on any atom is -0.464 e. The van der Waals surface area contributed by atoms with Gasteiger partial charge in [0.1, 0.15) is 6.04 Å². The third-order valence-corrected chi connectivity index (χ3v) is 6.01. The molecule has 0 aromatic rings. The fourth-order valence-electron chi connectivity index (χ4n) is 5.38. The number of halogens is 1. The maximum Gasteiger partial charge on any atom is 0.329 e. The molecule has 0 heterocycles. The zero-order valence-corrected chi connectivity index (χ0v) is 13.9. The lowest BCUT2D eigenvalue weighted by Crippen LogP contribution is -2.68. The lowest BCUT2D eigenvalue weighted by molar-refractivity contribution is -0.186. The summed E-state index contributed by atoms with van der Waals surface area (Å²) in [6.07, 6.45) is 3.88. The Morgan fingerprint density at radius 3 is 2.68 bits per heavy atom. The predicted octanol–water partition coefficient (Wildman–Crippen LogP) is 1.60. The minimum absolute atomic E-state index is 0.157. The highest BCUT2D eigenvalue weighted by molar-refractivity contribution is 6.24. The zero-order valence-electron chi connectivity index (χ0n) is 13.1. The van der Waals surface area contributed by atoms with Gasteiger partial charge >= 0.3 is 5.97 Å². The molecule has 0 aliphatic heterocycles. The van der Waals surface area contributed by atoms with Crippen LogP contribution in [-0.4, -0.2) is 40.1 Å². The summed E-state index contributed by atoms with van der Waals surface area (Å²) >= 11 is 6.67. The topological polar surface area (TPSA) is 75.6 Å². The van der Waals surface area contributed by atoms with Crippen LogP contribution in [0.2, 0.25) is 0 Å². The molecule has 4 aliphatic carbocycles. The first-order valence-corrected chi connectivity index (χ1v) is 8.49. The van der Waals surface area contributed by atoms with Gasteiger partial charge in [0, 0.05) is 17.7 Å². The fraction of sp³-hybridized carbons (Fsp3) is 0.875. The van der Waals surface area contributed by atoms with Gasteiger partial charge in [0.2, 0.25) is 5.91 Å². The SMILES string of the molecule is CCOC(=O)[C@@H](NC(C)=O)[C@@H]1C2CC3C[C@@](Cl)(C2)C[C@]1(O)C3. The highest BCUT2D eigenvalue weighted by atomic mass is 35.5. The zero-order chi connectivity index (χ0) is 16.1. The number of amides is 1. The summed E-state index contributed by atoms with van der Waals surface area (Å²) in [4.78, 5) is 23.5. The summed E-state index contributed by atoms with van der Waals surface area (Å²) in [5, 5.41) is 13.9. The van der Waals surface area contributed by atoms with E-state index in [1.807, 2.05) is 0 Å². The second-order valence-electron chi connectivity index (χ2n) is 7.36. The van der Waals surface area contributed by atoms with Gasteiger partial charge in [-0.3, -0.25) is 4.79 Å². The van der Waals surface area contributed by atoms with Crippen LogP contribution in [-0.2, 0) is 14.3 Å². The Labute approximate surface area is 135 Å². The van der Waals surface area contributed by atoms with Crippen LogP contribution in [0.5, 0.6) is 0 Å². The molecule has 2 unspecified atom stereocenters. The van der Waals surface area contributed by atoms with Crippen LogP contribution in [0, 0.1) is 17.8 Å². The maximum atomic E-state index is 12.3. The molecule has 4 saturated carbocycles. The lowest BCUT2D eigenvalue weighted by atomic mass is 9.48. The Balaban J connectivity index is 1.90. The molecule has 6 heteroatoms. The molecule has 0 saturated heterocycles. The van der Waals surface area contributed by atoms with E-state index in [1.165, 1.54) is 6.92 Å². The molecule has 0 aromatic carbocycles. The number of esters is 1. The van der Waals surface area contributed by atoms with Crippen molar-refractivity contribution in [3.63, 3.8) is 0 Å². The first kappa shape index (κ1) is 16.1. The minimum atomic E-state index is -0.980. The number of carbonyl (C=O) groups is 2. The van der Waals surface area contributed by atoms with Gasteiger partial charge in [0.15, 0.2) is 0 Å². The van der Waals surface area contributed by atoms with E-state index in [1.54, 1.807) is 6.92 Å². The van der Waals surface area contributed by atoms with E-state index in [-0.39, 0.29) is 29.2 Å². The molecule has 0 aromatic heterocycles. The van der Waals surface area contributed by atoms with Crippen LogP contribution < -0.4 is 5.32 Å². The number of alkyl halides is 1. The van der Waals surface area contributed by atoms with E-state index in [4.69, 9.17) is 16.3 Å². The van der Waals surface area contributed by atoms with Crippen molar-refractivity contribution < 1.29 is 19.4 Å². The largest absolute Gasteiger partial charge is 0.464 e. The van der Waals surface area contributed by atoms with Crippen LogP contribution in [0.3, 0.4) is 0 Å². The Kier molecular flexibility index (Phi) is 3.92. The van der Waals surface area contributed by atoms with E-state index in [0.29, 0.717) is 18.8 Å². The molecular weight excluding hydrogens is 306 g/mol. The van der Waals surface area contributed by atoms with Crippen molar-refractivity contribution in [2.45, 2.75) is 62.5 Å². The molecule has 22 heavy (non-hydrogen) atoms. The molecule has 4 rings (SSSR count). The molecule has 4 aliphatic rings. The van der Waals surface area contributed by atoms with Crippen LogP contribution in [0.25, 0.3) is 0 Å². The molecule has 4 fully saturated rings. The standard InChI is InChI=1S/C16H24ClNO4/c1-3-22-14(20)13(18-9(2)19)12-11-4-10-5-15(17,7-11)8-16(12,21)6-10/h10-13,21H,3-8H2,1-2H3,(H,18,19)/t10?,11?,12-,13-,15+,16+/m0/s1. The van der Waals surface area contributed by atoms with Crippen LogP contribution >= 0.6 is 11.6 Å². The van der Waals surface area contributed by atoms with Gasteiger partial charge in [-0.25, -0.2) is 4.79 Å². The third-order valence-electron chi connectivity index (χ3n) is 5.57. The highest BCUT2D eigenvalue weighted by Crippen LogP contribution is 2.63. The average Bonchev–Trinajstić information content (AvgIpc) is 2.33. The fourth-order valence-corrected chi connectivity index (χ4v) is 6.03. The molecule has 124 valence electrons. The molecule has 2 N–H and O–H groups in total. The maximum absolute atomic E-state index is 12.3. The van der Waals surface area contributed by atoms with Crippen molar-refractivity contribution in [1.82, 2.24) is 5.32 Å². The molecule has 0 spiro atoms. The van der Waals surface area contributed by atoms with E-state index in [9.17, 15) is 14.7 Å². The van der Waals surface area contributed by atoms with Gasteiger partial charge in [0.05, 0.1) is 12.2 Å². The number of rotatable bonds is 4. The monoisotopic (exact) mass is 329 g/mol. The van der Waals surface area contributed by atoms with Gasteiger partial charge in [-0.05, 0) is 50.9 Å². The van der Waals surface area contributed by atoms with E-state index in [2.05, 4.69) is 5.32 Å². The first-order valence-electron chi connectivity index (χ1n) is 8.11. The molecule has 1 amide bonds. The van der Waals surface area contributed by atoms with E-state index >= 15 is 0 Å². The van der Waals surface area contributed by atoms with Crippen molar-refractivity contribution in [3.05, 3.63) is 0 Å². The van der Waals surface area contributed by atoms with Gasteiger partial charge in [-0.2, -0.15) is 0 Å². The van der Waals surface area contributed by atoms with Gasteiger partial charge < -0.3 is 15.2 Å². The van der Waals surface area contributed by atoms with E-state index < -0.39 is 17.6 Å². The predicted molar refractivity (Wildman–Crippen MR) is 81.3 cm³/mol. The summed E-state index contributed by atoms with van der Waals surface area (Å²) in [6.45, 7) is 3.38. The normalized spacial score (nSPS) is 43.7.